The Morgan fingerprint density at radius 3 is 2.33 bits per heavy atom. The molecule has 0 saturated heterocycles. The van der Waals surface area contributed by atoms with Gasteiger partial charge in [0.05, 0.1) is 11.6 Å². The van der Waals surface area contributed by atoms with Crippen LogP contribution >= 0.6 is 22.6 Å². The number of halogens is 1. The molecule has 0 bridgehead atoms. The average molecular weight is 393 g/mol. The molecule has 0 aliphatic heterocycles. The molecular formula is C18H20INO. The van der Waals surface area contributed by atoms with Crippen molar-refractivity contribution in [3.8, 4) is 0 Å². The van der Waals surface area contributed by atoms with Crippen molar-refractivity contribution in [3.63, 3.8) is 0 Å². The van der Waals surface area contributed by atoms with Gasteiger partial charge < -0.3 is 5.32 Å². The Balaban J connectivity index is 2.25. The smallest absolute Gasteiger partial charge is 0.232 e. The molecule has 1 N–H and O–H groups in total. The van der Waals surface area contributed by atoms with E-state index >= 15 is 0 Å². The largest absolute Gasteiger partial charge is 0.325 e. The molecule has 0 aromatic heterocycles. The molecule has 2 atom stereocenters. The summed E-state index contributed by atoms with van der Waals surface area (Å²) in [7, 11) is 0. The number of nitrogens with one attached hydrogen (secondary N) is 1. The summed E-state index contributed by atoms with van der Waals surface area (Å²) >= 11 is 2.24. The number of anilines is 1. The lowest BCUT2D eigenvalue weighted by atomic mass is 9.85. The third-order valence-corrected chi connectivity index (χ3v) is 4.73. The maximum absolute atomic E-state index is 12.8. The molecule has 110 valence electrons. The fraction of sp³-hybridized carbons (Fsp3) is 0.278. The molecule has 2 aromatic rings. The molecule has 2 nitrogen and oxygen atoms in total. The Morgan fingerprint density at radius 2 is 1.71 bits per heavy atom. The molecule has 0 radical (unpaired) electrons. The van der Waals surface area contributed by atoms with Gasteiger partial charge in [-0.3, -0.25) is 4.79 Å². The molecule has 1 amide bonds. The second-order valence-electron chi connectivity index (χ2n) is 5.24. The first-order valence-corrected chi connectivity index (χ1v) is 8.31. The maximum Gasteiger partial charge on any atom is 0.232 e. The molecule has 0 spiro atoms. The molecule has 21 heavy (non-hydrogen) atoms. The number of rotatable bonds is 5. The molecule has 2 aromatic carbocycles. The van der Waals surface area contributed by atoms with E-state index in [1.807, 2.05) is 54.6 Å². The number of carbonyl (C=O) groups is 1. The van der Waals surface area contributed by atoms with E-state index in [1.165, 1.54) is 0 Å². The van der Waals surface area contributed by atoms with Crippen LogP contribution in [0.15, 0.2) is 54.6 Å². The predicted molar refractivity (Wildman–Crippen MR) is 96.4 cm³/mol. The summed E-state index contributed by atoms with van der Waals surface area (Å²) in [5, 5.41) is 3.08. The highest BCUT2D eigenvalue weighted by atomic mass is 127. The summed E-state index contributed by atoms with van der Waals surface area (Å²) in [5.74, 6) is 0.251. The Morgan fingerprint density at radius 1 is 1.10 bits per heavy atom. The normalized spacial score (nSPS) is 13.5. The van der Waals surface area contributed by atoms with E-state index in [2.05, 4.69) is 41.8 Å². The van der Waals surface area contributed by atoms with Crippen LogP contribution in [0.1, 0.15) is 31.7 Å². The molecule has 3 heteroatoms. The van der Waals surface area contributed by atoms with Crippen LogP contribution in [0.2, 0.25) is 0 Å². The van der Waals surface area contributed by atoms with Gasteiger partial charge in [0.15, 0.2) is 0 Å². The second-order valence-corrected chi connectivity index (χ2v) is 6.41. The van der Waals surface area contributed by atoms with Gasteiger partial charge in [0.25, 0.3) is 0 Å². The van der Waals surface area contributed by atoms with Gasteiger partial charge in [-0.25, -0.2) is 0 Å². The lowest BCUT2D eigenvalue weighted by molar-refractivity contribution is -0.118. The van der Waals surface area contributed by atoms with Crippen molar-refractivity contribution < 1.29 is 4.79 Å². The van der Waals surface area contributed by atoms with Gasteiger partial charge in [-0.2, -0.15) is 0 Å². The van der Waals surface area contributed by atoms with E-state index in [9.17, 15) is 4.79 Å². The van der Waals surface area contributed by atoms with Crippen molar-refractivity contribution in [2.45, 2.75) is 26.2 Å². The molecule has 0 aliphatic rings. The van der Waals surface area contributed by atoms with Crippen LogP contribution in [0.5, 0.6) is 0 Å². The third kappa shape index (κ3) is 4.06. The minimum absolute atomic E-state index is 0.0691. The minimum Gasteiger partial charge on any atom is -0.325 e. The molecule has 0 saturated carbocycles. The zero-order valence-corrected chi connectivity index (χ0v) is 14.5. The summed E-state index contributed by atoms with van der Waals surface area (Å²) in [4.78, 5) is 12.8. The fourth-order valence-corrected chi connectivity index (χ4v) is 2.93. The zero-order chi connectivity index (χ0) is 15.2. The van der Waals surface area contributed by atoms with Gasteiger partial charge >= 0.3 is 0 Å². The number of carbonyl (C=O) groups excluding carboxylic acids is 1. The van der Waals surface area contributed by atoms with Gasteiger partial charge in [0.1, 0.15) is 0 Å². The van der Waals surface area contributed by atoms with Gasteiger partial charge in [-0.05, 0) is 46.2 Å². The summed E-state index contributed by atoms with van der Waals surface area (Å²) in [6.45, 7) is 4.26. The summed E-state index contributed by atoms with van der Waals surface area (Å²) < 4.78 is 1.06. The van der Waals surface area contributed by atoms with Crippen LogP contribution in [0.4, 0.5) is 5.69 Å². The van der Waals surface area contributed by atoms with Gasteiger partial charge in [0.2, 0.25) is 5.91 Å². The molecule has 2 rings (SSSR count). The summed E-state index contributed by atoms with van der Waals surface area (Å²) in [5.41, 5.74) is 1.96. The van der Waals surface area contributed by atoms with E-state index in [-0.39, 0.29) is 11.8 Å². The number of amides is 1. The van der Waals surface area contributed by atoms with Crippen LogP contribution in [0, 0.1) is 9.49 Å². The Hall–Kier alpha value is -1.36. The van der Waals surface area contributed by atoms with E-state index in [1.54, 1.807) is 0 Å². The monoisotopic (exact) mass is 393 g/mol. The third-order valence-electron chi connectivity index (χ3n) is 3.79. The van der Waals surface area contributed by atoms with Gasteiger partial charge in [-0.15, -0.1) is 0 Å². The quantitative estimate of drug-likeness (QED) is 0.707. The fourth-order valence-electron chi connectivity index (χ4n) is 2.41. The highest BCUT2D eigenvalue weighted by Crippen LogP contribution is 2.29. The van der Waals surface area contributed by atoms with Crippen LogP contribution in [-0.4, -0.2) is 5.91 Å². The minimum atomic E-state index is -0.118. The Labute approximate surface area is 140 Å². The standard InChI is InChI=1S/C18H20INO/c1-3-13(2)17(14-9-5-4-6-10-14)18(21)20-16-12-8-7-11-15(16)19/h4-13,17H,3H2,1-2H3,(H,20,21)/t13-,17+/m1/s1. The Bertz CT molecular complexity index is 597. The van der Waals surface area contributed by atoms with Crippen molar-refractivity contribution >= 4 is 34.2 Å². The average Bonchev–Trinajstić information content (AvgIpc) is 2.50. The first kappa shape index (κ1) is 16.0. The van der Waals surface area contributed by atoms with Crippen LogP contribution in [0.3, 0.4) is 0 Å². The van der Waals surface area contributed by atoms with Crippen molar-refractivity contribution in [1.29, 1.82) is 0 Å². The van der Waals surface area contributed by atoms with Crippen molar-refractivity contribution in [1.82, 2.24) is 0 Å². The first-order valence-electron chi connectivity index (χ1n) is 7.23. The summed E-state index contributed by atoms with van der Waals surface area (Å²) in [6.07, 6.45) is 0.971. The highest BCUT2D eigenvalue weighted by Gasteiger charge is 2.26. The summed E-state index contributed by atoms with van der Waals surface area (Å²) in [6, 6.07) is 17.9. The first-order chi connectivity index (χ1) is 10.1. The molecular weight excluding hydrogens is 373 g/mol. The van der Waals surface area contributed by atoms with Crippen molar-refractivity contribution in [2.24, 2.45) is 5.92 Å². The predicted octanol–water partition coefficient (Wildman–Crippen LogP) is 5.06. The maximum atomic E-state index is 12.8. The second kappa shape index (κ2) is 7.59. The van der Waals surface area contributed by atoms with Gasteiger partial charge in [0, 0.05) is 3.57 Å². The lowest BCUT2D eigenvalue weighted by Gasteiger charge is -2.23. The van der Waals surface area contributed by atoms with E-state index in [0.29, 0.717) is 5.92 Å². The Kier molecular flexibility index (Phi) is 5.79. The van der Waals surface area contributed by atoms with E-state index < -0.39 is 0 Å². The van der Waals surface area contributed by atoms with Crippen molar-refractivity contribution in [2.75, 3.05) is 5.32 Å². The van der Waals surface area contributed by atoms with E-state index in [0.717, 1.165) is 21.2 Å². The number of para-hydroxylation sites is 1. The topological polar surface area (TPSA) is 29.1 Å². The number of hydrogen-bond donors (Lipinski definition) is 1. The van der Waals surface area contributed by atoms with Crippen LogP contribution in [-0.2, 0) is 4.79 Å². The zero-order valence-electron chi connectivity index (χ0n) is 12.3. The lowest BCUT2D eigenvalue weighted by Crippen LogP contribution is -2.26. The van der Waals surface area contributed by atoms with Gasteiger partial charge in [-0.1, -0.05) is 62.7 Å². The SMILES string of the molecule is CC[C@@H](C)[C@H](C(=O)Nc1ccccc1I)c1ccccc1. The van der Waals surface area contributed by atoms with Crippen molar-refractivity contribution in [3.05, 3.63) is 63.7 Å². The van der Waals surface area contributed by atoms with E-state index in [4.69, 9.17) is 0 Å². The molecule has 0 aliphatic carbocycles. The number of benzene rings is 2. The van der Waals surface area contributed by atoms with Crippen LogP contribution < -0.4 is 5.32 Å². The van der Waals surface area contributed by atoms with Crippen LogP contribution in [0.25, 0.3) is 0 Å². The highest BCUT2D eigenvalue weighted by molar-refractivity contribution is 14.1. The molecule has 0 heterocycles. The molecule has 0 unspecified atom stereocenters. The number of hydrogen-bond acceptors (Lipinski definition) is 1. The molecule has 0 fully saturated rings.